The molecule has 0 aliphatic heterocycles. The first kappa shape index (κ1) is 16.1. The summed E-state index contributed by atoms with van der Waals surface area (Å²) in [5, 5.41) is 9.03. The van der Waals surface area contributed by atoms with Gasteiger partial charge in [0.1, 0.15) is 17.2 Å². The third kappa shape index (κ3) is 3.27. The SMILES string of the molecule is O=C(O)c1cccc(C(=O)N(Cc2ccccc2F)C2CCC2)n1. The average Bonchev–Trinajstić information content (AvgIpc) is 2.54. The van der Waals surface area contributed by atoms with Gasteiger partial charge in [-0.3, -0.25) is 4.79 Å². The largest absolute Gasteiger partial charge is 0.477 e. The van der Waals surface area contributed by atoms with E-state index < -0.39 is 5.97 Å². The number of pyridine rings is 1. The van der Waals surface area contributed by atoms with E-state index in [2.05, 4.69) is 4.98 Å². The van der Waals surface area contributed by atoms with Crippen LogP contribution in [0.5, 0.6) is 0 Å². The van der Waals surface area contributed by atoms with Gasteiger partial charge in [-0.2, -0.15) is 0 Å². The highest BCUT2D eigenvalue weighted by molar-refractivity contribution is 5.94. The zero-order chi connectivity index (χ0) is 17.1. The Bertz CT molecular complexity index is 774. The second kappa shape index (κ2) is 6.78. The summed E-state index contributed by atoms with van der Waals surface area (Å²) in [7, 11) is 0. The maximum absolute atomic E-state index is 13.9. The van der Waals surface area contributed by atoms with Crippen LogP contribution in [-0.4, -0.2) is 32.9 Å². The fraction of sp³-hybridized carbons (Fsp3) is 0.278. The van der Waals surface area contributed by atoms with Gasteiger partial charge in [-0.1, -0.05) is 24.3 Å². The summed E-state index contributed by atoms with van der Waals surface area (Å²) in [6, 6.07) is 10.7. The number of carboxylic acids is 1. The smallest absolute Gasteiger partial charge is 0.354 e. The van der Waals surface area contributed by atoms with E-state index in [1.165, 1.54) is 24.3 Å². The van der Waals surface area contributed by atoms with Crippen molar-refractivity contribution in [2.45, 2.75) is 31.8 Å². The van der Waals surface area contributed by atoms with Gasteiger partial charge in [0.2, 0.25) is 0 Å². The van der Waals surface area contributed by atoms with Gasteiger partial charge in [0.05, 0.1) is 0 Å². The molecule has 1 heterocycles. The predicted molar refractivity (Wildman–Crippen MR) is 85.1 cm³/mol. The monoisotopic (exact) mass is 328 g/mol. The van der Waals surface area contributed by atoms with Crippen LogP contribution in [0.15, 0.2) is 42.5 Å². The van der Waals surface area contributed by atoms with Gasteiger partial charge in [-0.05, 0) is 37.5 Å². The Labute approximate surface area is 138 Å². The van der Waals surface area contributed by atoms with Crippen LogP contribution in [-0.2, 0) is 6.54 Å². The minimum Gasteiger partial charge on any atom is -0.477 e. The highest BCUT2D eigenvalue weighted by Crippen LogP contribution is 2.28. The fourth-order valence-corrected chi connectivity index (χ4v) is 2.70. The van der Waals surface area contributed by atoms with Crippen LogP contribution in [0.25, 0.3) is 0 Å². The molecule has 24 heavy (non-hydrogen) atoms. The Morgan fingerprint density at radius 2 is 1.83 bits per heavy atom. The lowest BCUT2D eigenvalue weighted by atomic mass is 9.90. The highest BCUT2D eigenvalue weighted by atomic mass is 19.1. The van der Waals surface area contributed by atoms with E-state index in [-0.39, 0.29) is 35.7 Å². The molecule has 1 aromatic carbocycles. The minimum absolute atomic E-state index is 0.0346. The van der Waals surface area contributed by atoms with Crippen molar-refractivity contribution in [3.8, 4) is 0 Å². The summed E-state index contributed by atoms with van der Waals surface area (Å²) in [6.45, 7) is 0.148. The summed E-state index contributed by atoms with van der Waals surface area (Å²) in [6.07, 6.45) is 2.74. The molecule has 1 N–H and O–H groups in total. The molecule has 0 saturated heterocycles. The molecular formula is C18H17FN2O3. The normalized spacial score (nSPS) is 14.0. The highest BCUT2D eigenvalue weighted by Gasteiger charge is 2.31. The first-order valence-electron chi connectivity index (χ1n) is 7.81. The number of halogens is 1. The Morgan fingerprint density at radius 1 is 1.12 bits per heavy atom. The molecule has 0 spiro atoms. The number of carbonyl (C=O) groups is 2. The number of rotatable bonds is 5. The van der Waals surface area contributed by atoms with E-state index in [9.17, 15) is 14.0 Å². The van der Waals surface area contributed by atoms with Crippen molar-refractivity contribution in [3.63, 3.8) is 0 Å². The second-order valence-electron chi connectivity index (χ2n) is 5.82. The van der Waals surface area contributed by atoms with Crippen molar-refractivity contribution in [3.05, 3.63) is 65.2 Å². The van der Waals surface area contributed by atoms with Crippen molar-refractivity contribution < 1.29 is 19.1 Å². The van der Waals surface area contributed by atoms with Gasteiger partial charge in [-0.25, -0.2) is 14.2 Å². The summed E-state index contributed by atoms with van der Waals surface area (Å²) in [4.78, 5) is 29.4. The second-order valence-corrected chi connectivity index (χ2v) is 5.82. The van der Waals surface area contributed by atoms with Crippen LogP contribution < -0.4 is 0 Å². The van der Waals surface area contributed by atoms with E-state index >= 15 is 0 Å². The third-order valence-corrected chi connectivity index (χ3v) is 4.26. The maximum atomic E-state index is 13.9. The topological polar surface area (TPSA) is 70.5 Å². The van der Waals surface area contributed by atoms with Crippen LogP contribution in [0.4, 0.5) is 4.39 Å². The molecule has 1 fully saturated rings. The first-order valence-corrected chi connectivity index (χ1v) is 7.81. The number of carbonyl (C=O) groups excluding carboxylic acids is 1. The van der Waals surface area contributed by atoms with Gasteiger partial charge in [-0.15, -0.1) is 0 Å². The Kier molecular flexibility index (Phi) is 4.55. The molecule has 3 rings (SSSR count). The van der Waals surface area contributed by atoms with Gasteiger partial charge >= 0.3 is 5.97 Å². The number of aromatic nitrogens is 1. The van der Waals surface area contributed by atoms with Gasteiger partial charge in [0, 0.05) is 18.2 Å². The molecule has 1 saturated carbocycles. The zero-order valence-corrected chi connectivity index (χ0v) is 13.0. The Balaban J connectivity index is 1.88. The van der Waals surface area contributed by atoms with E-state index in [4.69, 9.17) is 5.11 Å². The number of aromatic carboxylic acids is 1. The molecule has 6 heteroatoms. The van der Waals surface area contributed by atoms with Crippen molar-refractivity contribution in [1.29, 1.82) is 0 Å². The molecule has 124 valence electrons. The average molecular weight is 328 g/mol. The molecule has 5 nitrogen and oxygen atoms in total. The maximum Gasteiger partial charge on any atom is 0.354 e. The zero-order valence-electron chi connectivity index (χ0n) is 13.0. The summed E-state index contributed by atoms with van der Waals surface area (Å²) in [5.41, 5.74) is 0.325. The number of amides is 1. The van der Waals surface area contributed by atoms with Crippen molar-refractivity contribution in [2.75, 3.05) is 0 Å². The van der Waals surface area contributed by atoms with E-state index in [0.29, 0.717) is 5.56 Å². The summed E-state index contributed by atoms with van der Waals surface area (Å²) >= 11 is 0. The lowest BCUT2D eigenvalue weighted by Gasteiger charge is -2.37. The van der Waals surface area contributed by atoms with Crippen molar-refractivity contribution in [1.82, 2.24) is 9.88 Å². The van der Waals surface area contributed by atoms with Gasteiger partial charge in [0.25, 0.3) is 5.91 Å². The Morgan fingerprint density at radius 3 is 2.46 bits per heavy atom. The predicted octanol–water partition coefficient (Wildman–Crippen LogP) is 3.11. The molecule has 0 radical (unpaired) electrons. The minimum atomic E-state index is -1.19. The van der Waals surface area contributed by atoms with Crippen LogP contribution in [0, 0.1) is 5.82 Å². The first-order chi connectivity index (χ1) is 11.6. The Hall–Kier alpha value is -2.76. The van der Waals surface area contributed by atoms with Crippen LogP contribution >= 0.6 is 0 Å². The molecule has 1 aliphatic rings. The third-order valence-electron chi connectivity index (χ3n) is 4.26. The van der Waals surface area contributed by atoms with Gasteiger partial charge in [0.15, 0.2) is 0 Å². The molecule has 1 aromatic heterocycles. The number of hydrogen-bond donors (Lipinski definition) is 1. The molecule has 1 aliphatic carbocycles. The van der Waals surface area contributed by atoms with Crippen LogP contribution in [0.1, 0.15) is 45.8 Å². The molecule has 0 atom stereocenters. The van der Waals surface area contributed by atoms with E-state index in [0.717, 1.165) is 19.3 Å². The molecule has 0 bridgehead atoms. The number of carboxylic acid groups (broad SMARTS) is 1. The van der Waals surface area contributed by atoms with Crippen LogP contribution in [0.3, 0.4) is 0 Å². The number of nitrogens with zero attached hydrogens (tertiary/aromatic N) is 2. The fourth-order valence-electron chi connectivity index (χ4n) is 2.70. The molecule has 1 amide bonds. The number of benzene rings is 1. The van der Waals surface area contributed by atoms with Crippen LogP contribution in [0.2, 0.25) is 0 Å². The quantitative estimate of drug-likeness (QED) is 0.915. The lowest BCUT2D eigenvalue weighted by molar-refractivity contribution is 0.0547. The van der Waals surface area contributed by atoms with Crippen molar-refractivity contribution in [2.24, 2.45) is 0 Å². The summed E-state index contributed by atoms with van der Waals surface area (Å²) in [5.74, 6) is -1.91. The summed E-state index contributed by atoms with van der Waals surface area (Å²) < 4.78 is 13.9. The van der Waals surface area contributed by atoms with Gasteiger partial charge < -0.3 is 10.0 Å². The van der Waals surface area contributed by atoms with Crippen molar-refractivity contribution >= 4 is 11.9 Å². The lowest BCUT2D eigenvalue weighted by Crippen LogP contribution is -2.44. The standard InChI is InChI=1S/C18H17FN2O3/c19-14-8-2-1-5-12(14)11-21(13-6-3-7-13)17(22)15-9-4-10-16(20-15)18(23)24/h1-2,4-5,8-10,13H,3,6-7,11H2,(H,23,24). The molecule has 2 aromatic rings. The molecular weight excluding hydrogens is 311 g/mol. The van der Waals surface area contributed by atoms with E-state index in [1.54, 1.807) is 23.1 Å². The molecule has 0 unspecified atom stereocenters. The number of hydrogen-bond acceptors (Lipinski definition) is 3. The van der Waals surface area contributed by atoms with E-state index in [1.807, 2.05) is 0 Å².